The van der Waals surface area contributed by atoms with E-state index in [9.17, 15) is 4.79 Å². The van der Waals surface area contributed by atoms with Gasteiger partial charge in [0.2, 0.25) is 0 Å². The van der Waals surface area contributed by atoms with Crippen molar-refractivity contribution >= 4 is 5.97 Å². The predicted octanol–water partition coefficient (Wildman–Crippen LogP) is 2.52. The Kier molecular flexibility index (Phi) is 3.81. The van der Waals surface area contributed by atoms with Crippen LogP contribution in [0.4, 0.5) is 0 Å². The number of hydrogen-bond donors (Lipinski definition) is 1. The molecule has 1 saturated carbocycles. The zero-order valence-electron chi connectivity index (χ0n) is 11.7. The van der Waals surface area contributed by atoms with E-state index in [4.69, 9.17) is 4.74 Å². The maximum atomic E-state index is 12.2. The summed E-state index contributed by atoms with van der Waals surface area (Å²) in [5, 5.41) is 3.51. The first-order valence-corrected chi connectivity index (χ1v) is 6.99. The lowest BCUT2D eigenvalue weighted by molar-refractivity contribution is -0.171. The van der Waals surface area contributed by atoms with Crippen molar-refractivity contribution in [3.05, 3.63) is 12.7 Å². The third-order valence-electron chi connectivity index (χ3n) is 4.08. The fourth-order valence-electron chi connectivity index (χ4n) is 3.32. The third kappa shape index (κ3) is 2.77. The maximum Gasteiger partial charge on any atom is 0.309 e. The van der Waals surface area contributed by atoms with E-state index >= 15 is 0 Å². The zero-order chi connectivity index (χ0) is 13.3. The smallest absolute Gasteiger partial charge is 0.309 e. The van der Waals surface area contributed by atoms with E-state index < -0.39 is 0 Å². The van der Waals surface area contributed by atoms with E-state index in [2.05, 4.69) is 11.9 Å². The molecule has 1 N–H and O–H groups in total. The molecule has 102 valence electrons. The maximum absolute atomic E-state index is 12.2. The standard InChI is InChI=1S/C15H25NO2/c1-5-6-10-7-8-16-12-9-11(13(10)12)14(17)18-15(2,3)4/h5,10-13,16H,1,6-9H2,2-4H3/t10?,11?,12-,13?/m0/s1. The highest BCUT2D eigenvalue weighted by atomic mass is 16.6. The van der Waals surface area contributed by atoms with Gasteiger partial charge in [0.15, 0.2) is 0 Å². The molecule has 1 saturated heterocycles. The molecule has 0 amide bonds. The van der Waals surface area contributed by atoms with Gasteiger partial charge in [-0.1, -0.05) is 6.08 Å². The van der Waals surface area contributed by atoms with E-state index in [-0.39, 0.29) is 17.5 Å². The molecule has 2 aliphatic rings. The normalized spacial score (nSPS) is 35.3. The number of fused-ring (bicyclic) bond motifs is 1. The van der Waals surface area contributed by atoms with Gasteiger partial charge in [0.1, 0.15) is 5.60 Å². The summed E-state index contributed by atoms with van der Waals surface area (Å²) >= 11 is 0. The fourth-order valence-corrected chi connectivity index (χ4v) is 3.32. The number of ether oxygens (including phenoxy) is 1. The summed E-state index contributed by atoms with van der Waals surface area (Å²) in [5.74, 6) is 1.13. The number of hydrogen-bond acceptors (Lipinski definition) is 3. The van der Waals surface area contributed by atoms with Crippen LogP contribution in [0.1, 0.15) is 40.0 Å². The summed E-state index contributed by atoms with van der Waals surface area (Å²) in [5.41, 5.74) is -0.377. The first-order chi connectivity index (χ1) is 8.42. The molecule has 18 heavy (non-hydrogen) atoms. The van der Waals surface area contributed by atoms with Crippen LogP contribution < -0.4 is 5.32 Å². The van der Waals surface area contributed by atoms with Crippen LogP contribution in [0.15, 0.2) is 12.7 Å². The van der Waals surface area contributed by atoms with Crippen LogP contribution in [-0.2, 0) is 9.53 Å². The molecule has 0 bridgehead atoms. The van der Waals surface area contributed by atoms with E-state index in [1.165, 1.54) is 0 Å². The minimum Gasteiger partial charge on any atom is -0.460 e. The second-order valence-electron chi connectivity index (χ2n) is 6.59. The molecule has 0 spiro atoms. The molecule has 3 heteroatoms. The van der Waals surface area contributed by atoms with Crippen molar-refractivity contribution < 1.29 is 9.53 Å². The van der Waals surface area contributed by atoms with Crippen molar-refractivity contribution in [1.29, 1.82) is 0 Å². The minimum atomic E-state index is -0.377. The van der Waals surface area contributed by atoms with Crippen LogP contribution in [-0.4, -0.2) is 24.2 Å². The van der Waals surface area contributed by atoms with Crippen LogP contribution in [0.2, 0.25) is 0 Å². The van der Waals surface area contributed by atoms with Gasteiger partial charge >= 0.3 is 5.97 Å². The van der Waals surface area contributed by atoms with Gasteiger partial charge in [-0.3, -0.25) is 4.79 Å². The average molecular weight is 251 g/mol. The number of esters is 1. The zero-order valence-corrected chi connectivity index (χ0v) is 11.7. The number of allylic oxidation sites excluding steroid dienone is 1. The predicted molar refractivity (Wildman–Crippen MR) is 72.2 cm³/mol. The Hall–Kier alpha value is -0.830. The summed E-state index contributed by atoms with van der Waals surface area (Å²) < 4.78 is 5.52. The lowest BCUT2D eigenvalue weighted by atomic mass is 9.60. The van der Waals surface area contributed by atoms with E-state index in [1.54, 1.807) is 0 Å². The summed E-state index contributed by atoms with van der Waals surface area (Å²) in [7, 11) is 0. The molecule has 0 aromatic rings. The van der Waals surface area contributed by atoms with Crippen molar-refractivity contribution in [2.24, 2.45) is 17.8 Å². The highest BCUT2D eigenvalue weighted by Crippen LogP contribution is 2.45. The SMILES string of the molecule is C=CCC1CCN[C@H]2CC(C(=O)OC(C)(C)C)C12. The topological polar surface area (TPSA) is 38.3 Å². The molecule has 3 nitrogen and oxygen atoms in total. The van der Waals surface area contributed by atoms with Gasteiger partial charge in [-0.25, -0.2) is 0 Å². The first-order valence-electron chi connectivity index (χ1n) is 6.99. The molecule has 1 aliphatic carbocycles. The summed E-state index contributed by atoms with van der Waals surface area (Å²) in [6.07, 6.45) is 5.08. The minimum absolute atomic E-state index is 0.0125. The Balaban J connectivity index is 1.99. The molecule has 3 unspecified atom stereocenters. The van der Waals surface area contributed by atoms with Gasteiger partial charge < -0.3 is 10.1 Å². The molecule has 0 aromatic carbocycles. The van der Waals surface area contributed by atoms with Crippen molar-refractivity contribution in [1.82, 2.24) is 5.32 Å². The lowest BCUT2D eigenvalue weighted by Crippen LogP contribution is -2.60. The van der Waals surface area contributed by atoms with Crippen LogP contribution in [0.5, 0.6) is 0 Å². The Bertz CT molecular complexity index is 332. The second kappa shape index (κ2) is 5.04. The van der Waals surface area contributed by atoms with Crippen LogP contribution >= 0.6 is 0 Å². The van der Waals surface area contributed by atoms with E-state index in [0.29, 0.717) is 17.9 Å². The van der Waals surface area contributed by atoms with Gasteiger partial charge in [0.05, 0.1) is 5.92 Å². The molecule has 0 aromatic heterocycles. The van der Waals surface area contributed by atoms with E-state index in [1.807, 2.05) is 26.8 Å². The Labute approximate surface area is 110 Å². The Morgan fingerprint density at radius 3 is 2.83 bits per heavy atom. The summed E-state index contributed by atoms with van der Waals surface area (Å²) in [6, 6.07) is 0.515. The molecular weight excluding hydrogens is 226 g/mol. The molecule has 2 fully saturated rings. The van der Waals surface area contributed by atoms with Crippen molar-refractivity contribution in [2.75, 3.05) is 6.54 Å². The first kappa shape index (κ1) is 13.6. The van der Waals surface area contributed by atoms with Crippen molar-refractivity contribution in [3.63, 3.8) is 0 Å². The molecular formula is C15H25NO2. The van der Waals surface area contributed by atoms with Gasteiger partial charge in [-0.15, -0.1) is 6.58 Å². The van der Waals surface area contributed by atoms with Crippen LogP contribution in [0.3, 0.4) is 0 Å². The van der Waals surface area contributed by atoms with Gasteiger partial charge in [0.25, 0.3) is 0 Å². The van der Waals surface area contributed by atoms with Gasteiger partial charge in [0, 0.05) is 6.04 Å². The Morgan fingerprint density at radius 1 is 1.50 bits per heavy atom. The number of rotatable bonds is 3. The van der Waals surface area contributed by atoms with Crippen LogP contribution in [0.25, 0.3) is 0 Å². The number of piperidine rings is 1. The summed E-state index contributed by atoms with van der Waals surface area (Å²) in [4.78, 5) is 12.2. The fraction of sp³-hybridized carbons (Fsp3) is 0.800. The number of carbonyl (C=O) groups excluding carboxylic acids is 1. The molecule has 1 aliphatic heterocycles. The van der Waals surface area contributed by atoms with Crippen molar-refractivity contribution in [2.45, 2.75) is 51.7 Å². The largest absolute Gasteiger partial charge is 0.460 e. The van der Waals surface area contributed by atoms with Crippen LogP contribution in [0, 0.1) is 17.8 Å². The molecule has 2 rings (SSSR count). The highest BCUT2D eigenvalue weighted by molar-refractivity contribution is 5.74. The quantitative estimate of drug-likeness (QED) is 0.619. The van der Waals surface area contributed by atoms with E-state index in [0.717, 1.165) is 25.8 Å². The molecule has 1 heterocycles. The van der Waals surface area contributed by atoms with Gasteiger partial charge in [-0.05, 0) is 58.4 Å². The summed E-state index contributed by atoms with van der Waals surface area (Å²) in [6.45, 7) is 10.7. The molecule has 0 radical (unpaired) electrons. The average Bonchev–Trinajstić information content (AvgIpc) is 2.18. The Morgan fingerprint density at radius 2 is 2.22 bits per heavy atom. The third-order valence-corrected chi connectivity index (χ3v) is 4.08. The highest BCUT2D eigenvalue weighted by Gasteiger charge is 2.51. The molecule has 4 atom stereocenters. The number of carbonyl (C=O) groups is 1. The monoisotopic (exact) mass is 251 g/mol. The second-order valence-corrected chi connectivity index (χ2v) is 6.59. The number of nitrogens with one attached hydrogen (secondary N) is 1. The van der Waals surface area contributed by atoms with Crippen molar-refractivity contribution in [3.8, 4) is 0 Å². The van der Waals surface area contributed by atoms with Gasteiger partial charge in [-0.2, -0.15) is 0 Å². The lowest BCUT2D eigenvalue weighted by Gasteiger charge is -2.51.